The lowest BCUT2D eigenvalue weighted by Gasteiger charge is -2.24. The average molecular weight is 252 g/mol. The van der Waals surface area contributed by atoms with Crippen LogP contribution in [0.1, 0.15) is 26.3 Å². The van der Waals surface area contributed by atoms with Crippen LogP contribution in [-0.2, 0) is 4.79 Å². The van der Waals surface area contributed by atoms with Crippen LogP contribution in [0.15, 0.2) is 18.2 Å². The second kappa shape index (κ2) is 6.38. The fourth-order valence-electron chi connectivity index (χ4n) is 1.84. The lowest BCUT2D eigenvalue weighted by molar-refractivity contribution is -0.131. The maximum absolute atomic E-state index is 13.7. The van der Waals surface area contributed by atoms with Gasteiger partial charge in [-0.05, 0) is 45.4 Å². The summed E-state index contributed by atoms with van der Waals surface area (Å²) in [7, 11) is 0. The topological polar surface area (TPSA) is 32.3 Å². The summed E-state index contributed by atoms with van der Waals surface area (Å²) in [6.45, 7) is 8.77. The first kappa shape index (κ1) is 14.5. The van der Waals surface area contributed by atoms with Crippen LogP contribution in [0.2, 0.25) is 0 Å². The van der Waals surface area contributed by atoms with E-state index in [0.29, 0.717) is 18.8 Å². The molecule has 1 rings (SSSR count). The van der Waals surface area contributed by atoms with E-state index >= 15 is 0 Å². The van der Waals surface area contributed by atoms with Crippen LogP contribution < -0.4 is 5.32 Å². The highest BCUT2D eigenvalue weighted by Crippen LogP contribution is 2.16. The van der Waals surface area contributed by atoms with Gasteiger partial charge in [-0.15, -0.1) is 0 Å². The average Bonchev–Trinajstić information content (AvgIpc) is 2.34. The first-order valence-corrected chi connectivity index (χ1v) is 6.31. The summed E-state index contributed by atoms with van der Waals surface area (Å²) in [6, 6.07) is 4.51. The van der Waals surface area contributed by atoms with Crippen LogP contribution in [0.3, 0.4) is 0 Å². The van der Waals surface area contributed by atoms with Crippen LogP contribution in [0.5, 0.6) is 0 Å². The number of amides is 1. The van der Waals surface area contributed by atoms with E-state index in [2.05, 4.69) is 5.32 Å². The standard InChI is InChI=1S/C14H21FN2O/c1-5-17(6-2)14(18)11(4)16-13-8-7-10(3)9-12(13)15/h7-9,11,16H,5-6H2,1-4H3. The fraction of sp³-hybridized carbons (Fsp3) is 0.500. The Morgan fingerprint density at radius 3 is 2.50 bits per heavy atom. The predicted octanol–water partition coefficient (Wildman–Crippen LogP) is 2.80. The zero-order valence-electron chi connectivity index (χ0n) is 11.5. The minimum atomic E-state index is -0.429. The van der Waals surface area contributed by atoms with Gasteiger partial charge >= 0.3 is 0 Å². The third-order valence-corrected chi connectivity index (χ3v) is 2.94. The summed E-state index contributed by atoms with van der Waals surface area (Å²) in [5.41, 5.74) is 1.23. The number of nitrogens with one attached hydrogen (secondary N) is 1. The third kappa shape index (κ3) is 3.45. The number of halogens is 1. The summed E-state index contributed by atoms with van der Waals surface area (Å²) in [5, 5.41) is 2.92. The van der Waals surface area contributed by atoms with Crippen molar-refractivity contribution in [3.8, 4) is 0 Å². The van der Waals surface area contributed by atoms with Gasteiger partial charge in [0, 0.05) is 13.1 Å². The van der Waals surface area contributed by atoms with Gasteiger partial charge in [0.2, 0.25) is 5.91 Å². The zero-order chi connectivity index (χ0) is 13.7. The number of aryl methyl sites for hydroxylation is 1. The lowest BCUT2D eigenvalue weighted by Crippen LogP contribution is -2.41. The van der Waals surface area contributed by atoms with Crippen molar-refractivity contribution in [2.24, 2.45) is 0 Å². The molecule has 0 spiro atoms. The largest absolute Gasteiger partial charge is 0.372 e. The van der Waals surface area contributed by atoms with Gasteiger partial charge in [0.15, 0.2) is 0 Å². The predicted molar refractivity (Wildman–Crippen MR) is 72.1 cm³/mol. The Morgan fingerprint density at radius 1 is 1.39 bits per heavy atom. The van der Waals surface area contributed by atoms with E-state index in [-0.39, 0.29) is 11.7 Å². The molecule has 0 aliphatic heterocycles. The number of carbonyl (C=O) groups excluding carboxylic acids is 1. The monoisotopic (exact) mass is 252 g/mol. The van der Waals surface area contributed by atoms with Crippen LogP contribution in [0.4, 0.5) is 10.1 Å². The lowest BCUT2D eigenvalue weighted by atomic mass is 10.2. The fourth-order valence-corrected chi connectivity index (χ4v) is 1.84. The number of nitrogens with zero attached hydrogens (tertiary/aromatic N) is 1. The van der Waals surface area contributed by atoms with Crippen molar-refractivity contribution in [3.63, 3.8) is 0 Å². The first-order valence-electron chi connectivity index (χ1n) is 6.31. The molecule has 1 N–H and O–H groups in total. The van der Waals surface area contributed by atoms with E-state index in [0.717, 1.165) is 5.56 Å². The van der Waals surface area contributed by atoms with Crippen molar-refractivity contribution in [2.75, 3.05) is 18.4 Å². The highest BCUT2D eigenvalue weighted by Gasteiger charge is 2.18. The summed E-state index contributed by atoms with van der Waals surface area (Å²) in [4.78, 5) is 13.8. The highest BCUT2D eigenvalue weighted by molar-refractivity contribution is 5.84. The molecule has 1 aromatic rings. The minimum Gasteiger partial charge on any atom is -0.372 e. The molecular weight excluding hydrogens is 231 g/mol. The summed E-state index contributed by atoms with van der Waals surface area (Å²) in [6.07, 6.45) is 0. The van der Waals surface area contributed by atoms with E-state index in [4.69, 9.17) is 0 Å². The molecule has 100 valence electrons. The van der Waals surface area contributed by atoms with Gasteiger partial charge in [-0.2, -0.15) is 0 Å². The third-order valence-electron chi connectivity index (χ3n) is 2.94. The first-order chi connectivity index (χ1) is 8.49. The number of hydrogen-bond donors (Lipinski definition) is 1. The number of benzene rings is 1. The summed E-state index contributed by atoms with van der Waals surface area (Å²) < 4.78 is 13.7. The molecule has 18 heavy (non-hydrogen) atoms. The Kier molecular flexibility index (Phi) is 5.13. The molecule has 0 bridgehead atoms. The second-order valence-electron chi connectivity index (χ2n) is 4.36. The summed E-state index contributed by atoms with van der Waals surface area (Å²) in [5.74, 6) is -0.339. The van der Waals surface area contributed by atoms with Crippen LogP contribution in [-0.4, -0.2) is 29.9 Å². The Morgan fingerprint density at radius 2 is 2.00 bits per heavy atom. The second-order valence-corrected chi connectivity index (χ2v) is 4.36. The zero-order valence-corrected chi connectivity index (χ0v) is 11.5. The molecule has 0 aliphatic rings. The van der Waals surface area contributed by atoms with Gasteiger partial charge in [0.1, 0.15) is 11.9 Å². The van der Waals surface area contributed by atoms with Crippen molar-refractivity contribution in [2.45, 2.75) is 33.7 Å². The van der Waals surface area contributed by atoms with E-state index in [1.54, 1.807) is 17.9 Å². The van der Waals surface area contributed by atoms with Crippen molar-refractivity contribution in [3.05, 3.63) is 29.6 Å². The van der Waals surface area contributed by atoms with Gasteiger partial charge < -0.3 is 10.2 Å². The van der Waals surface area contributed by atoms with Crippen molar-refractivity contribution in [1.29, 1.82) is 0 Å². The van der Waals surface area contributed by atoms with Crippen LogP contribution >= 0.6 is 0 Å². The number of likely N-dealkylation sites (N-methyl/N-ethyl adjacent to an activating group) is 1. The van der Waals surface area contributed by atoms with Gasteiger partial charge in [-0.1, -0.05) is 6.07 Å². The molecule has 3 nitrogen and oxygen atoms in total. The minimum absolute atomic E-state index is 0.0139. The van der Waals surface area contributed by atoms with Gasteiger partial charge in [-0.25, -0.2) is 4.39 Å². The number of hydrogen-bond acceptors (Lipinski definition) is 2. The molecule has 0 aromatic heterocycles. The number of rotatable bonds is 5. The normalized spacial score (nSPS) is 12.1. The van der Waals surface area contributed by atoms with Gasteiger partial charge in [0.05, 0.1) is 5.69 Å². The Bertz CT molecular complexity index is 416. The van der Waals surface area contributed by atoms with E-state index in [9.17, 15) is 9.18 Å². The Balaban J connectivity index is 2.75. The van der Waals surface area contributed by atoms with Gasteiger partial charge in [-0.3, -0.25) is 4.79 Å². The molecule has 0 fully saturated rings. The molecule has 1 aromatic carbocycles. The highest BCUT2D eigenvalue weighted by atomic mass is 19.1. The van der Waals surface area contributed by atoms with E-state index < -0.39 is 6.04 Å². The van der Waals surface area contributed by atoms with Crippen molar-refractivity contribution < 1.29 is 9.18 Å². The molecular formula is C14H21FN2O. The van der Waals surface area contributed by atoms with Gasteiger partial charge in [0.25, 0.3) is 0 Å². The van der Waals surface area contributed by atoms with Crippen LogP contribution in [0.25, 0.3) is 0 Å². The molecule has 0 radical (unpaired) electrons. The molecule has 0 aliphatic carbocycles. The van der Waals surface area contributed by atoms with Crippen molar-refractivity contribution in [1.82, 2.24) is 4.90 Å². The molecule has 0 heterocycles. The quantitative estimate of drug-likeness (QED) is 0.874. The molecule has 1 amide bonds. The number of anilines is 1. The maximum atomic E-state index is 13.7. The van der Waals surface area contributed by atoms with E-state index in [1.807, 2.05) is 26.8 Å². The van der Waals surface area contributed by atoms with E-state index in [1.165, 1.54) is 6.07 Å². The molecule has 0 saturated heterocycles. The molecule has 0 saturated carbocycles. The summed E-state index contributed by atoms with van der Waals surface area (Å²) >= 11 is 0. The van der Waals surface area contributed by atoms with Crippen molar-refractivity contribution >= 4 is 11.6 Å². The van der Waals surface area contributed by atoms with Crippen LogP contribution in [0, 0.1) is 12.7 Å². The molecule has 1 atom stereocenters. The SMILES string of the molecule is CCN(CC)C(=O)C(C)Nc1ccc(C)cc1F. The Labute approximate surface area is 108 Å². The molecule has 1 unspecified atom stereocenters. The molecule has 4 heteroatoms. The maximum Gasteiger partial charge on any atom is 0.244 e. The smallest absolute Gasteiger partial charge is 0.244 e. The Hall–Kier alpha value is -1.58. The number of carbonyl (C=O) groups is 1.